The summed E-state index contributed by atoms with van der Waals surface area (Å²) in [5, 5.41) is 13.1. The normalized spacial score (nSPS) is 22.9. The van der Waals surface area contributed by atoms with Crippen LogP contribution in [0.1, 0.15) is 42.7 Å². The SMILES string of the molecule is O=C1CC(C(=O)O)N(C(=O)C2CCCC2CNC(=O)OCC2c3ccccc3-c3ccccc32)N1. The van der Waals surface area contributed by atoms with Crippen molar-refractivity contribution < 1.29 is 29.0 Å². The van der Waals surface area contributed by atoms with Crippen LogP contribution in [-0.2, 0) is 19.1 Å². The number of benzene rings is 2. The predicted octanol–water partition coefficient (Wildman–Crippen LogP) is 2.66. The first-order valence-electron chi connectivity index (χ1n) is 11.9. The number of nitrogens with one attached hydrogen (secondary N) is 2. The van der Waals surface area contributed by atoms with E-state index in [0.29, 0.717) is 6.42 Å². The van der Waals surface area contributed by atoms with Gasteiger partial charge in [-0.2, -0.15) is 0 Å². The lowest BCUT2D eigenvalue weighted by Crippen LogP contribution is -2.50. The average molecular weight is 478 g/mol. The van der Waals surface area contributed by atoms with E-state index in [2.05, 4.69) is 35.0 Å². The third-order valence-corrected chi connectivity index (χ3v) is 7.29. The van der Waals surface area contributed by atoms with Crippen molar-refractivity contribution in [3.63, 3.8) is 0 Å². The van der Waals surface area contributed by atoms with Crippen molar-refractivity contribution in [1.82, 2.24) is 15.8 Å². The average Bonchev–Trinajstić information content (AvgIpc) is 3.57. The Morgan fingerprint density at radius 2 is 1.69 bits per heavy atom. The molecule has 35 heavy (non-hydrogen) atoms. The number of nitrogens with zero attached hydrogens (tertiary/aromatic N) is 1. The third-order valence-electron chi connectivity index (χ3n) is 7.29. The van der Waals surface area contributed by atoms with Gasteiger partial charge in [0.25, 0.3) is 0 Å². The van der Waals surface area contributed by atoms with Crippen molar-refractivity contribution in [3.8, 4) is 11.1 Å². The molecule has 3 aliphatic rings. The van der Waals surface area contributed by atoms with Crippen molar-refractivity contribution in [1.29, 1.82) is 0 Å². The predicted molar refractivity (Wildman–Crippen MR) is 125 cm³/mol. The first-order chi connectivity index (χ1) is 16.9. The van der Waals surface area contributed by atoms with E-state index in [9.17, 15) is 24.3 Å². The first kappa shape index (κ1) is 22.9. The Bertz CT molecular complexity index is 1140. The molecular formula is C26H27N3O6. The molecule has 0 bridgehead atoms. The zero-order valence-electron chi connectivity index (χ0n) is 19.1. The van der Waals surface area contributed by atoms with Gasteiger partial charge in [0.05, 0.1) is 6.42 Å². The van der Waals surface area contributed by atoms with Gasteiger partial charge >= 0.3 is 12.1 Å². The number of amides is 3. The van der Waals surface area contributed by atoms with Crippen LogP contribution in [0.4, 0.5) is 4.79 Å². The molecule has 3 atom stereocenters. The summed E-state index contributed by atoms with van der Waals surface area (Å²) in [6.07, 6.45) is 1.28. The van der Waals surface area contributed by atoms with E-state index in [1.54, 1.807) is 0 Å². The molecule has 1 heterocycles. The van der Waals surface area contributed by atoms with E-state index < -0.39 is 35.8 Å². The number of carbonyl (C=O) groups is 4. The van der Waals surface area contributed by atoms with Gasteiger partial charge in [-0.25, -0.2) is 14.6 Å². The van der Waals surface area contributed by atoms with Crippen LogP contribution in [0.2, 0.25) is 0 Å². The molecule has 0 spiro atoms. The van der Waals surface area contributed by atoms with Crippen molar-refractivity contribution in [3.05, 3.63) is 59.7 Å². The van der Waals surface area contributed by atoms with Gasteiger partial charge < -0.3 is 15.2 Å². The highest BCUT2D eigenvalue weighted by Crippen LogP contribution is 2.44. The molecule has 2 fully saturated rings. The van der Waals surface area contributed by atoms with Crippen LogP contribution in [0.3, 0.4) is 0 Å². The first-order valence-corrected chi connectivity index (χ1v) is 11.9. The van der Waals surface area contributed by atoms with Gasteiger partial charge in [-0.3, -0.25) is 15.0 Å². The molecule has 2 aliphatic carbocycles. The van der Waals surface area contributed by atoms with Crippen LogP contribution in [0.25, 0.3) is 11.1 Å². The second-order valence-electron chi connectivity index (χ2n) is 9.31. The molecule has 1 saturated heterocycles. The summed E-state index contributed by atoms with van der Waals surface area (Å²) < 4.78 is 5.58. The number of hydrogen-bond donors (Lipinski definition) is 3. The zero-order chi connectivity index (χ0) is 24.5. The van der Waals surface area contributed by atoms with Crippen LogP contribution in [-0.4, -0.2) is 53.2 Å². The van der Waals surface area contributed by atoms with Gasteiger partial charge in [-0.1, -0.05) is 55.0 Å². The molecule has 0 aromatic heterocycles. The molecule has 2 aromatic rings. The number of alkyl carbamates (subject to hydrolysis) is 1. The summed E-state index contributed by atoms with van der Waals surface area (Å²) in [6.45, 7) is 0.444. The minimum Gasteiger partial charge on any atom is -0.480 e. The molecule has 3 amide bonds. The highest BCUT2D eigenvalue weighted by molar-refractivity contribution is 5.94. The third kappa shape index (κ3) is 4.34. The summed E-state index contributed by atoms with van der Waals surface area (Å²) in [7, 11) is 0. The number of hydrazine groups is 1. The minimum atomic E-state index is -1.22. The lowest BCUT2D eigenvalue weighted by molar-refractivity contribution is -0.153. The summed E-state index contributed by atoms with van der Waals surface area (Å²) in [6, 6.07) is 15.0. The van der Waals surface area contributed by atoms with Crippen molar-refractivity contribution >= 4 is 23.9 Å². The van der Waals surface area contributed by atoms with E-state index >= 15 is 0 Å². The molecule has 9 heteroatoms. The molecule has 0 radical (unpaired) electrons. The molecular weight excluding hydrogens is 450 g/mol. The van der Waals surface area contributed by atoms with Crippen molar-refractivity contribution in [2.75, 3.05) is 13.2 Å². The Hall–Kier alpha value is -3.88. The Balaban J connectivity index is 1.18. The van der Waals surface area contributed by atoms with Crippen LogP contribution in [0.5, 0.6) is 0 Å². The smallest absolute Gasteiger partial charge is 0.407 e. The van der Waals surface area contributed by atoms with Crippen LogP contribution in [0.15, 0.2) is 48.5 Å². The van der Waals surface area contributed by atoms with Crippen LogP contribution in [0, 0.1) is 11.8 Å². The number of hydrogen-bond acceptors (Lipinski definition) is 5. The van der Waals surface area contributed by atoms with E-state index in [0.717, 1.165) is 40.1 Å². The van der Waals surface area contributed by atoms with Gasteiger partial charge in [0.2, 0.25) is 11.8 Å². The molecule has 5 rings (SSSR count). The standard InChI is InChI=1S/C26H27N3O6/c30-23-12-22(25(32)33)29(28-23)24(31)16-11-5-6-15(16)13-27-26(34)35-14-21-19-9-3-1-7-17(19)18-8-2-4-10-20(18)21/h1-4,7-10,15-16,21-22H,5-6,11-14H2,(H,27,34)(H,28,30)(H,32,33). The summed E-state index contributed by atoms with van der Waals surface area (Å²) in [5.74, 6) is -2.79. The maximum absolute atomic E-state index is 13.0. The number of aliphatic carboxylic acids is 1. The van der Waals surface area contributed by atoms with E-state index in [-0.39, 0.29) is 31.4 Å². The molecule has 3 unspecified atom stereocenters. The Labute approximate surface area is 202 Å². The number of carboxylic acid groups (broad SMARTS) is 1. The molecule has 3 N–H and O–H groups in total. The van der Waals surface area contributed by atoms with E-state index in [1.165, 1.54) is 0 Å². The minimum absolute atomic E-state index is 0.0410. The Kier molecular flexibility index (Phi) is 6.15. The molecule has 182 valence electrons. The number of rotatable bonds is 6. The topological polar surface area (TPSA) is 125 Å². The number of carbonyl (C=O) groups excluding carboxylic acids is 3. The van der Waals surface area contributed by atoms with E-state index in [4.69, 9.17) is 4.74 Å². The molecule has 1 aliphatic heterocycles. The van der Waals surface area contributed by atoms with Gasteiger partial charge in [-0.15, -0.1) is 0 Å². The molecule has 1 saturated carbocycles. The Morgan fingerprint density at radius 3 is 2.34 bits per heavy atom. The number of ether oxygens (including phenoxy) is 1. The summed E-state index contributed by atoms with van der Waals surface area (Å²) in [4.78, 5) is 48.7. The fraction of sp³-hybridized carbons (Fsp3) is 0.385. The van der Waals surface area contributed by atoms with Crippen molar-refractivity contribution in [2.24, 2.45) is 11.8 Å². The maximum Gasteiger partial charge on any atom is 0.407 e. The molecule has 9 nitrogen and oxygen atoms in total. The van der Waals surface area contributed by atoms with Gasteiger partial charge in [0, 0.05) is 18.4 Å². The quantitative estimate of drug-likeness (QED) is 0.588. The lowest BCUT2D eigenvalue weighted by atomic mass is 9.94. The maximum atomic E-state index is 13.0. The van der Waals surface area contributed by atoms with Gasteiger partial charge in [-0.05, 0) is 41.0 Å². The summed E-state index contributed by atoms with van der Waals surface area (Å²) >= 11 is 0. The van der Waals surface area contributed by atoms with Crippen LogP contribution >= 0.6 is 0 Å². The van der Waals surface area contributed by atoms with Crippen LogP contribution < -0.4 is 10.7 Å². The number of fused-ring (bicyclic) bond motifs is 3. The second-order valence-corrected chi connectivity index (χ2v) is 9.31. The van der Waals surface area contributed by atoms with Gasteiger partial charge in [0.1, 0.15) is 6.61 Å². The largest absolute Gasteiger partial charge is 0.480 e. The lowest BCUT2D eigenvalue weighted by Gasteiger charge is -2.27. The molecule has 2 aromatic carbocycles. The van der Waals surface area contributed by atoms with Crippen molar-refractivity contribution in [2.45, 2.75) is 37.6 Å². The highest BCUT2D eigenvalue weighted by Gasteiger charge is 2.44. The fourth-order valence-electron chi connectivity index (χ4n) is 5.58. The number of carboxylic acids is 1. The second kappa shape index (κ2) is 9.40. The Morgan fingerprint density at radius 1 is 1.03 bits per heavy atom. The fourth-order valence-corrected chi connectivity index (χ4v) is 5.58. The zero-order valence-corrected chi connectivity index (χ0v) is 19.1. The monoisotopic (exact) mass is 477 g/mol. The van der Waals surface area contributed by atoms with Gasteiger partial charge in [0.15, 0.2) is 6.04 Å². The highest BCUT2D eigenvalue weighted by atomic mass is 16.5. The summed E-state index contributed by atoms with van der Waals surface area (Å²) in [5.41, 5.74) is 6.93. The van der Waals surface area contributed by atoms with E-state index in [1.807, 2.05) is 24.3 Å².